The minimum Gasteiger partial charge on any atom is -0.391 e. The second kappa shape index (κ2) is 7.11. The number of benzene rings is 1. The summed E-state index contributed by atoms with van der Waals surface area (Å²) in [7, 11) is 0. The molecule has 1 fully saturated rings. The predicted octanol–water partition coefficient (Wildman–Crippen LogP) is 2.35. The zero-order valence-corrected chi connectivity index (χ0v) is 12.7. The van der Waals surface area contributed by atoms with Gasteiger partial charge >= 0.3 is 11.8 Å². The van der Waals surface area contributed by atoms with Crippen LogP contribution in [-0.4, -0.2) is 29.1 Å². The van der Waals surface area contributed by atoms with Crippen LogP contribution in [0.15, 0.2) is 18.2 Å². The number of amides is 2. The molecule has 0 aliphatic heterocycles. The highest BCUT2D eigenvalue weighted by molar-refractivity contribution is 6.42. The highest BCUT2D eigenvalue weighted by atomic mass is 35.5. The summed E-state index contributed by atoms with van der Waals surface area (Å²) in [5, 5.41) is 15.4. The molecule has 2 atom stereocenters. The second-order valence-corrected chi connectivity index (χ2v) is 5.85. The van der Waals surface area contributed by atoms with Crippen LogP contribution in [0.3, 0.4) is 0 Å². The van der Waals surface area contributed by atoms with Crippen molar-refractivity contribution in [2.45, 2.75) is 37.8 Å². The fourth-order valence-corrected chi connectivity index (χ4v) is 2.62. The van der Waals surface area contributed by atoms with Crippen LogP contribution < -0.4 is 10.6 Å². The number of aliphatic hydroxyl groups is 1. The largest absolute Gasteiger partial charge is 0.391 e. The van der Waals surface area contributed by atoms with Crippen molar-refractivity contribution < 1.29 is 14.7 Å². The number of rotatable bonds is 2. The Kier molecular flexibility index (Phi) is 5.45. The molecule has 2 unspecified atom stereocenters. The van der Waals surface area contributed by atoms with Crippen molar-refractivity contribution in [3.05, 3.63) is 28.2 Å². The lowest BCUT2D eigenvalue weighted by molar-refractivity contribution is -0.137. The number of carbonyl (C=O) groups excluding carboxylic acids is 2. The van der Waals surface area contributed by atoms with E-state index in [4.69, 9.17) is 23.2 Å². The summed E-state index contributed by atoms with van der Waals surface area (Å²) < 4.78 is 0. The van der Waals surface area contributed by atoms with Gasteiger partial charge in [-0.05, 0) is 31.0 Å². The number of halogens is 2. The zero-order chi connectivity index (χ0) is 15.4. The van der Waals surface area contributed by atoms with Crippen molar-refractivity contribution in [2.24, 2.45) is 0 Å². The molecule has 1 aliphatic carbocycles. The van der Waals surface area contributed by atoms with Crippen LogP contribution in [0.5, 0.6) is 0 Å². The molecule has 1 aromatic rings. The van der Waals surface area contributed by atoms with E-state index in [0.29, 0.717) is 22.9 Å². The molecule has 1 aliphatic rings. The van der Waals surface area contributed by atoms with Gasteiger partial charge in [0.25, 0.3) is 0 Å². The Bertz CT molecular complexity index is 551. The molecule has 0 bridgehead atoms. The van der Waals surface area contributed by atoms with E-state index >= 15 is 0 Å². The lowest BCUT2D eigenvalue weighted by Gasteiger charge is -2.28. The van der Waals surface area contributed by atoms with Gasteiger partial charge in [-0.2, -0.15) is 0 Å². The van der Waals surface area contributed by atoms with Gasteiger partial charge in [0, 0.05) is 5.02 Å². The van der Waals surface area contributed by atoms with E-state index in [9.17, 15) is 14.7 Å². The predicted molar refractivity (Wildman–Crippen MR) is 81.5 cm³/mol. The molecule has 0 radical (unpaired) electrons. The van der Waals surface area contributed by atoms with E-state index in [1.807, 2.05) is 0 Å². The van der Waals surface area contributed by atoms with E-state index in [2.05, 4.69) is 10.6 Å². The van der Waals surface area contributed by atoms with Gasteiger partial charge in [-0.1, -0.05) is 36.0 Å². The summed E-state index contributed by atoms with van der Waals surface area (Å²) in [5.74, 6) is -1.63. The third-order valence-electron chi connectivity index (χ3n) is 3.43. The van der Waals surface area contributed by atoms with E-state index in [-0.39, 0.29) is 11.7 Å². The van der Waals surface area contributed by atoms with Gasteiger partial charge in [0.05, 0.1) is 22.9 Å². The van der Waals surface area contributed by atoms with Gasteiger partial charge in [0.1, 0.15) is 0 Å². The lowest BCUT2D eigenvalue weighted by atomic mass is 9.92. The van der Waals surface area contributed by atoms with Crippen molar-refractivity contribution in [1.29, 1.82) is 0 Å². The number of carbonyl (C=O) groups is 2. The van der Waals surface area contributed by atoms with E-state index in [1.54, 1.807) is 6.07 Å². The molecule has 0 aromatic heterocycles. The fourth-order valence-electron chi connectivity index (χ4n) is 2.29. The number of hydrogen-bond acceptors (Lipinski definition) is 3. The first-order valence-electron chi connectivity index (χ1n) is 6.72. The Balaban J connectivity index is 1.96. The van der Waals surface area contributed by atoms with Crippen LogP contribution in [0.1, 0.15) is 25.7 Å². The molecule has 1 saturated carbocycles. The van der Waals surface area contributed by atoms with Crippen molar-refractivity contribution in [1.82, 2.24) is 5.32 Å². The van der Waals surface area contributed by atoms with Crippen LogP contribution >= 0.6 is 23.2 Å². The van der Waals surface area contributed by atoms with Crippen LogP contribution in [0.2, 0.25) is 10.0 Å². The number of nitrogens with one attached hydrogen (secondary N) is 2. The van der Waals surface area contributed by atoms with Crippen LogP contribution in [-0.2, 0) is 9.59 Å². The maximum Gasteiger partial charge on any atom is 0.313 e. The maximum absolute atomic E-state index is 11.8. The Morgan fingerprint density at radius 2 is 1.86 bits per heavy atom. The first kappa shape index (κ1) is 16.1. The summed E-state index contributed by atoms with van der Waals surface area (Å²) in [4.78, 5) is 23.7. The topological polar surface area (TPSA) is 78.4 Å². The lowest BCUT2D eigenvalue weighted by Crippen LogP contribution is -2.48. The average Bonchev–Trinajstić information content (AvgIpc) is 2.45. The van der Waals surface area contributed by atoms with Gasteiger partial charge in [-0.25, -0.2) is 0 Å². The minimum absolute atomic E-state index is 0.272. The monoisotopic (exact) mass is 330 g/mol. The third kappa shape index (κ3) is 4.33. The molecule has 114 valence electrons. The van der Waals surface area contributed by atoms with Gasteiger partial charge in [0.15, 0.2) is 0 Å². The highest BCUT2D eigenvalue weighted by Gasteiger charge is 2.27. The Morgan fingerprint density at radius 3 is 2.57 bits per heavy atom. The van der Waals surface area contributed by atoms with Crippen molar-refractivity contribution in [3.8, 4) is 0 Å². The smallest absolute Gasteiger partial charge is 0.313 e. The summed E-state index contributed by atoms with van der Waals surface area (Å²) in [6.07, 6.45) is 2.54. The SMILES string of the molecule is O=C(Nc1cc(Cl)ccc1Cl)C(=O)NC1CCCCC1O. The van der Waals surface area contributed by atoms with Crippen LogP contribution in [0.25, 0.3) is 0 Å². The molecule has 5 nitrogen and oxygen atoms in total. The van der Waals surface area contributed by atoms with Crippen molar-refractivity contribution in [2.75, 3.05) is 5.32 Å². The van der Waals surface area contributed by atoms with Crippen LogP contribution in [0, 0.1) is 0 Å². The Labute approximate surface area is 132 Å². The van der Waals surface area contributed by atoms with E-state index in [0.717, 1.165) is 12.8 Å². The van der Waals surface area contributed by atoms with Gasteiger partial charge in [-0.3, -0.25) is 9.59 Å². The highest BCUT2D eigenvalue weighted by Crippen LogP contribution is 2.25. The number of anilines is 1. The second-order valence-electron chi connectivity index (χ2n) is 5.01. The number of aliphatic hydroxyl groups excluding tert-OH is 1. The van der Waals surface area contributed by atoms with Gasteiger partial charge in [-0.15, -0.1) is 0 Å². The van der Waals surface area contributed by atoms with E-state index in [1.165, 1.54) is 12.1 Å². The third-order valence-corrected chi connectivity index (χ3v) is 3.99. The molecule has 7 heteroatoms. The standard InChI is InChI=1S/C14H16Cl2N2O3/c15-8-5-6-9(16)11(7-8)18-14(21)13(20)17-10-3-1-2-4-12(10)19/h5-7,10,12,19H,1-4H2,(H,17,20)(H,18,21). The molecule has 0 heterocycles. The summed E-state index contributed by atoms with van der Waals surface area (Å²) in [6, 6.07) is 4.19. The normalized spacial score (nSPS) is 21.7. The van der Waals surface area contributed by atoms with E-state index < -0.39 is 17.9 Å². The Hall–Kier alpha value is -1.30. The first-order chi connectivity index (χ1) is 9.97. The summed E-state index contributed by atoms with van der Waals surface area (Å²) in [6.45, 7) is 0. The molecule has 0 saturated heterocycles. The molecular weight excluding hydrogens is 315 g/mol. The molecule has 2 rings (SSSR count). The summed E-state index contributed by atoms with van der Waals surface area (Å²) >= 11 is 11.7. The van der Waals surface area contributed by atoms with Crippen molar-refractivity contribution >= 4 is 40.7 Å². The van der Waals surface area contributed by atoms with Crippen LogP contribution in [0.4, 0.5) is 5.69 Å². The van der Waals surface area contributed by atoms with Gasteiger partial charge < -0.3 is 15.7 Å². The maximum atomic E-state index is 11.8. The quantitative estimate of drug-likeness (QED) is 0.728. The average molecular weight is 331 g/mol. The Morgan fingerprint density at radius 1 is 1.14 bits per heavy atom. The molecule has 21 heavy (non-hydrogen) atoms. The molecule has 3 N–H and O–H groups in total. The first-order valence-corrected chi connectivity index (χ1v) is 7.48. The summed E-state index contributed by atoms with van der Waals surface area (Å²) in [5.41, 5.74) is 0.272. The molecule has 0 spiro atoms. The zero-order valence-electron chi connectivity index (χ0n) is 11.2. The fraction of sp³-hybridized carbons (Fsp3) is 0.429. The molecular formula is C14H16Cl2N2O3. The molecule has 1 aromatic carbocycles. The van der Waals surface area contributed by atoms with Gasteiger partial charge in [0.2, 0.25) is 0 Å². The number of hydrogen-bond donors (Lipinski definition) is 3. The minimum atomic E-state index is -0.836. The molecule has 2 amide bonds. The van der Waals surface area contributed by atoms with Crippen molar-refractivity contribution in [3.63, 3.8) is 0 Å².